The maximum atomic E-state index is 2.53. The van der Waals surface area contributed by atoms with Crippen LogP contribution in [0.2, 0.25) is 0 Å². The second-order valence-corrected chi connectivity index (χ2v) is 18.0. The molecular formula is C65H50N2. The number of allylic oxidation sites excluding steroid dienone is 6. The number of hydrogen-bond donors (Lipinski definition) is 0. The van der Waals surface area contributed by atoms with E-state index in [9.17, 15) is 0 Å². The maximum Gasteiger partial charge on any atom is 0.0546 e. The van der Waals surface area contributed by atoms with Crippen LogP contribution in [0.3, 0.4) is 0 Å². The Morgan fingerprint density at radius 3 is 1.61 bits per heavy atom. The summed E-state index contributed by atoms with van der Waals surface area (Å²) in [7, 11) is 0. The summed E-state index contributed by atoms with van der Waals surface area (Å²) in [5, 5.41) is 2.59. The highest BCUT2D eigenvalue weighted by Gasteiger charge is 2.35. The van der Waals surface area contributed by atoms with E-state index in [1.807, 2.05) is 0 Å². The summed E-state index contributed by atoms with van der Waals surface area (Å²) in [6, 6.07) is 77.9. The predicted octanol–water partition coefficient (Wildman–Crippen LogP) is 18.0. The van der Waals surface area contributed by atoms with Crippen LogP contribution in [-0.4, -0.2) is 0 Å². The molecule has 2 nitrogen and oxygen atoms in total. The zero-order chi connectivity index (χ0) is 44.7. The molecule has 0 aliphatic heterocycles. The summed E-state index contributed by atoms with van der Waals surface area (Å²) < 4.78 is 0. The van der Waals surface area contributed by atoms with Crippen molar-refractivity contribution in [3.05, 3.63) is 265 Å². The average Bonchev–Trinajstić information content (AvgIpc) is 3.40. The molecule has 9 aromatic rings. The summed E-state index contributed by atoms with van der Waals surface area (Å²) in [4.78, 5) is 5.06. The topological polar surface area (TPSA) is 6.48 Å². The zero-order valence-electron chi connectivity index (χ0n) is 37.6. The van der Waals surface area contributed by atoms with Crippen LogP contribution >= 0.6 is 0 Å². The van der Waals surface area contributed by atoms with Crippen molar-refractivity contribution in [2.45, 2.75) is 25.7 Å². The van der Waals surface area contributed by atoms with Gasteiger partial charge >= 0.3 is 0 Å². The minimum Gasteiger partial charge on any atom is -0.310 e. The Balaban J connectivity index is 1.10. The quantitative estimate of drug-likeness (QED) is 0.135. The van der Waals surface area contributed by atoms with Crippen LogP contribution in [0.4, 0.5) is 28.4 Å². The normalized spacial score (nSPS) is 15.8. The van der Waals surface area contributed by atoms with Crippen LogP contribution in [0, 0.1) is 5.92 Å². The molecule has 2 atom stereocenters. The van der Waals surface area contributed by atoms with Crippen LogP contribution in [-0.2, 0) is 0 Å². The zero-order valence-corrected chi connectivity index (χ0v) is 37.6. The highest BCUT2D eigenvalue weighted by Crippen LogP contribution is 2.54. The third-order valence-electron chi connectivity index (χ3n) is 14.0. The summed E-state index contributed by atoms with van der Waals surface area (Å²) >= 11 is 0. The minimum absolute atomic E-state index is 0.216. The molecule has 0 aromatic heterocycles. The molecule has 3 aliphatic rings. The Bertz CT molecular complexity index is 3400. The lowest BCUT2D eigenvalue weighted by atomic mass is 9.72. The van der Waals surface area contributed by atoms with Gasteiger partial charge in [0.05, 0.1) is 22.8 Å². The van der Waals surface area contributed by atoms with Crippen molar-refractivity contribution in [3.63, 3.8) is 0 Å². The van der Waals surface area contributed by atoms with Gasteiger partial charge in [0.2, 0.25) is 0 Å². The number of benzene rings is 9. The SMILES string of the molecule is CC1C=C(N(c2ccccc2)c2cc(-c3ccccc3)ccc2-c2ccccc2)c2ccc3ccc(N(c4ccccc4)c4cc(-c5ccccc5)ccc4C4=CC=CCC4)c4c3c2C1C=C4. The number of hydrogen-bond acceptors (Lipinski definition) is 2. The fraction of sp³-hybridized carbons (Fsp3) is 0.0769. The third kappa shape index (κ3) is 7.32. The van der Waals surface area contributed by atoms with Crippen LogP contribution in [0.1, 0.15) is 47.9 Å². The molecule has 0 amide bonds. The number of rotatable bonds is 10. The molecule has 3 aliphatic carbocycles. The average molecular weight is 859 g/mol. The second-order valence-electron chi connectivity index (χ2n) is 18.0. The molecule has 0 bridgehead atoms. The Morgan fingerprint density at radius 1 is 0.463 bits per heavy atom. The van der Waals surface area contributed by atoms with Gasteiger partial charge in [0.1, 0.15) is 0 Å². The molecule has 0 saturated heterocycles. The lowest BCUT2D eigenvalue weighted by Gasteiger charge is -2.39. The van der Waals surface area contributed by atoms with E-state index in [0.717, 1.165) is 29.9 Å². The summed E-state index contributed by atoms with van der Waals surface area (Å²) in [6.07, 6.45) is 16.3. The summed E-state index contributed by atoms with van der Waals surface area (Å²) in [5.41, 5.74) is 20.7. The molecule has 0 saturated carbocycles. The first-order valence-corrected chi connectivity index (χ1v) is 23.7. The number of anilines is 5. The van der Waals surface area contributed by atoms with Crippen molar-refractivity contribution in [1.29, 1.82) is 0 Å². The monoisotopic (exact) mass is 858 g/mol. The van der Waals surface area contributed by atoms with Crippen molar-refractivity contribution in [3.8, 4) is 33.4 Å². The second kappa shape index (κ2) is 17.3. The van der Waals surface area contributed by atoms with E-state index in [1.165, 1.54) is 89.1 Å². The number of nitrogens with zero attached hydrogens (tertiary/aromatic N) is 2. The highest BCUT2D eigenvalue weighted by atomic mass is 15.2. The largest absolute Gasteiger partial charge is 0.310 e. The summed E-state index contributed by atoms with van der Waals surface area (Å²) in [6.45, 7) is 2.40. The first kappa shape index (κ1) is 40.3. The van der Waals surface area contributed by atoms with E-state index < -0.39 is 0 Å². The van der Waals surface area contributed by atoms with Crippen LogP contribution in [0.15, 0.2) is 243 Å². The van der Waals surface area contributed by atoms with E-state index in [-0.39, 0.29) is 11.8 Å². The highest BCUT2D eigenvalue weighted by molar-refractivity contribution is 6.07. The molecule has 2 heteroatoms. The Labute approximate surface area is 394 Å². The molecular weight excluding hydrogens is 809 g/mol. The van der Waals surface area contributed by atoms with E-state index >= 15 is 0 Å². The van der Waals surface area contributed by atoms with Gasteiger partial charge in [-0.2, -0.15) is 0 Å². The number of para-hydroxylation sites is 2. The van der Waals surface area contributed by atoms with Crippen molar-refractivity contribution in [2.75, 3.05) is 9.80 Å². The Kier molecular flexibility index (Phi) is 10.4. The van der Waals surface area contributed by atoms with E-state index in [4.69, 9.17) is 0 Å². The predicted molar refractivity (Wildman–Crippen MR) is 285 cm³/mol. The lowest BCUT2D eigenvalue weighted by molar-refractivity contribution is 0.635. The van der Waals surface area contributed by atoms with Gasteiger partial charge in [-0.3, -0.25) is 0 Å². The third-order valence-corrected chi connectivity index (χ3v) is 14.0. The van der Waals surface area contributed by atoms with Gasteiger partial charge in [0.25, 0.3) is 0 Å². The lowest BCUT2D eigenvalue weighted by Crippen LogP contribution is -2.25. The van der Waals surface area contributed by atoms with Gasteiger partial charge in [-0.25, -0.2) is 0 Å². The smallest absolute Gasteiger partial charge is 0.0546 e. The summed E-state index contributed by atoms with van der Waals surface area (Å²) in [5.74, 6) is 0.448. The van der Waals surface area contributed by atoms with E-state index in [0.29, 0.717) is 0 Å². The van der Waals surface area contributed by atoms with Gasteiger partial charge in [-0.05, 0) is 111 Å². The standard InChI is InChI=1S/C65H50N2/c1-45-42-61(67(54-30-18-7-19-31-54)63-44-52(47-22-10-3-11-23-47)34-37-57(63)49-26-14-5-15-27-49)59-38-32-50-35-41-60(58-40-39-55(45)65(59)64(50)58)66(53-28-16-6-17-29-53)62-43-51(46-20-8-2-9-21-46)33-36-56(62)48-24-12-4-13-25-48/h2-12,14-24,26-45,55H,13,25H2,1H3. The van der Waals surface area contributed by atoms with Gasteiger partial charge < -0.3 is 9.80 Å². The van der Waals surface area contributed by atoms with Gasteiger partial charge in [-0.15, -0.1) is 0 Å². The molecule has 12 rings (SSSR count). The molecule has 9 aromatic carbocycles. The first-order chi connectivity index (χ1) is 33.2. The van der Waals surface area contributed by atoms with Crippen molar-refractivity contribution >= 4 is 56.6 Å². The molecule has 67 heavy (non-hydrogen) atoms. The van der Waals surface area contributed by atoms with Gasteiger partial charge in [-0.1, -0.05) is 213 Å². The van der Waals surface area contributed by atoms with Crippen LogP contribution in [0.5, 0.6) is 0 Å². The molecule has 320 valence electrons. The van der Waals surface area contributed by atoms with E-state index in [1.54, 1.807) is 0 Å². The van der Waals surface area contributed by atoms with E-state index in [2.05, 4.69) is 266 Å². The fourth-order valence-corrected chi connectivity index (χ4v) is 10.8. The maximum absolute atomic E-state index is 2.53. The van der Waals surface area contributed by atoms with Crippen molar-refractivity contribution in [1.82, 2.24) is 0 Å². The Hall–Kier alpha value is -8.20. The van der Waals surface area contributed by atoms with Gasteiger partial charge in [0, 0.05) is 39.5 Å². The fourth-order valence-electron chi connectivity index (χ4n) is 10.8. The van der Waals surface area contributed by atoms with Crippen LogP contribution < -0.4 is 9.80 Å². The van der Waals surface area contributed by atoms with Gasteiger partial charge in [0.15, 0.2) is 0 Å². The minimum atomic E-state index is 0.216. The molecule has 0 N–H and O–H groups in total. The van der Waals surface area contributed by atoms with Crippen molar-refractivity contribution < 1.29 is 0 Å². The Morgan fingerprint density at radius 2 is 1.00 bits per heavy atom. The van der Waals surface area contributed by atoms with Crippen LogP contribution in [0.25, 0.3) is 61.5 Å². The molecule has 2 unspecified atom stereocenters. The first-order valence-electron chi connectivity index (χ1n) is 23.7. The molecule has 0 radical (unpaired) electrons. The molecule has 0 fully saturated rings. The molecule has 0 spiro atoms. The van der Waals surface area contributed by atoms with Crippen molar-refractivity contribution in [2.24, 2.45) is 5.92 Å². The molecule has 0 heterocycles.